The van der Waals surface area contributed by atoms with Gasteiger partial charge in [0, 0.05) is 25.7 Å². The molecule has 1 aliphatic rings. The number of anilines is 2. The number of benzene rings is 2. The van der Waals surface area contributed by atoms with Gasteiger partial charge in [0.15, 0.2) is 0 Å². The Morgan fingerprint density at radius 2 is 1.81 bits per heavy atom. The Kier molecular flexibility index (Phi) is 4.78. The Labute approximate surface area is 152 Å². The zero-order valence-electron chi connectivity index (χ0n) is 14.5. The third-order valence-corrected chi connectivity index (χ3v) is 4.74. The number of hydrogen-bond donors (Lipinski definition) is 1. The lowest BCUT2D eigenvalue weighted by molar-refractivity contribution is 0.627. The highest BCUT2D eigenvalue weighted by molar-refractivity contribution is 5.50. The van der Waals surface area contributed by atoms with Crippen molar-refractivity contribution >= 4 is 11.6 Å². The first-order valence-corrected chi connectivity index (χ1v) is 8.90. The van der Waals surface area contributed by atoms with E-state index < -0.39 is 0 Å². The summed E-state index contributed by atoms with van der Waals surface area (Å²) in [6, 6.07) is 17.2. The number of hydrogen-bond acceptors (Lipinski definition) is 4. The van der Waals surface area contributed by atoms with Crippen LogP contribution >= 0.6 is 0 Å². The average molecular weight is 348 g/mol. The number of nitrogens with zero attached hydrogens (tertiary/aromatic N) is 3. The second-order valence-corrected chi connectivity index (χ2v) is 6.50. The van der Waals surface area contributed by atoms with Crippen molar-refractivity contribution in [3.05, 3.63) is 83.4 Å². The fourth-order valence-electron chi connectivity index (χ4n) is 3.29. The minimum absolute atomic E-state index is 0.203. The molecule has 132 valence electrons. The maximum atomic E-state index is 13.0. The van der Waals surface area contributed by atoms with Gasteiger partial charge >= 0.3 is 0 Å². The molecule has 0 spiro atoms. The van der Waals surface area contributed by atoms with Crippen molar-refractivity contribution in [3.8, 4) is 0 Å². The van der Waals surface area contributed by atoms with Crippen LogP contribution in [0.5, 0.6) is 0 Å². The van der Waals surface area contributed by atoms with Gasteiger partial charge in [-0.15, -0.1) is 0 Å². The lowest BCUT2D eigenvalue weighted by atomic mass is 10.00. The summed E-state index contributed by atoms with van der Waals surface area (Å²) in [5.41, 5.74) is 3.89. The van der Waals surface area contributed by atoms with Gasteiger partial charge in [0.2, 0.25) is 0 Å². The third-order valence-electron chi connectivity index (χ3n) is 4.74. The van der Waals surface area contributed by atoms with Crippen LogP contribution in [0.2, 0.25) is 0 Å². The Hall–Kier alpha value is -2.95. The normalized spacial score (nSPS) is 13.3. The molecule has 2 heterocycles. The van der Waals surface area contributed by atoms with E-state index in [0.29, 0.717) is 0 Å². The highest BCUT2D eigenvalue weighted by Gasteiger charge is 2.17. The van der Waals surface area contributed by atoms with E-state index in [4.69, 9.17) is 0 Å². The zero-order valence-corrected chi connectivity index (χ0v) is 14.5. The van der Waals surface area contributed by atoms with Gasteiger partial charge in [-0.1, -0.05) is 36.4 Å². The largest absolute Gasteiger partial charge is 0.370 e. The van der Waals surface area contributed by atoms with Gasteiger partial charge in [-0.2, -0.15) is 0 Å². The molecule has 0 atom stereocenters. The van der Waals surface area contributed by atoms with Crippen molar-refractivity contribution in [2.24, 2.45) is 0 Å². The van der Waals surface area contributed by atoms with Crippen LogP contribution in [0.15, 0.2) is 60.9 Å². The van der Waals surface area contributed by atoms with Crippen LogP contribution in [0.4, 0.5) is 16.0 Å². The minimum atomic E-state index is -0.203. The first-order valence-electron chi connectivity index (χ1n) is 8.90. The predicted molar refractivity (Wildman–Crippen MR) is 102 cm³/mol. The summed E-state index contributed by atoms with van der Waals surface area (Å²) >= 11 is 0. The smallest absolute Gasteiger partial charge is 0.134 e. The van der Waals surface area contributed by atoms with E-state index in [0.717, 1.165) is 49.7 Å². The third kappa shape index (κ3) is 3.82. The van der Waals surface area contributed by atoms with Gasteiger partial charge < -0.3 is 10.2 Å². The lowest BCUT2D eigenvalue weighted by Crippen LogP contribution is -2.31. The van der Waals surface area contributed by atoms with E-state index in [2.05, 4.69) is 44.5 Å². The van der Waals surface area contributed by atoms with Crippen LogP contribution in [0.3, 0.4) is 0 Å². The van der Waals surface area contributed by atoms with Gasteiger partial charge in [0.05, 0.1) is 0 Å². The van der Waals surface area contributed by atoms with Crippen LogP contribution in [0, 0.1) is 5.82 Å². The molecule has 0 bridgehead atoms. The van der Waals surface area contributed by atoms with Crippen LogP contribution in [0.25, 0.3) is 0 Å². The molecular formula is C21H21FN4. The molecule has 3 aromatic rings. The second-order valence-electron chi connectivity index (χ2n) is 6.50. The number of halogens is 1. The Balaban J connectivity index is 1.38. The van der Waals surface area contributed by atoms with Gasteiger partial charge in [-0.25, -0.2) is 14.4 Å². The molecule has 0 fully saturated rings. The maximum absolute atomic E-state index is 13.0. The van der Waals surface area contributed by atoms with Gasteiger partial charge in [-0.05, 0) is 41.7 Å². The van der Waals surface area contributed by atoms with E-state index in [9.17, 15) is 4.39 Å². The van der Waals surface area contributed by atoms with E-state index in [1.54, 1.807) is 6.33 Å². The molecule has 5 heteroatoms. The van der Waals surface area contributed by atoms with E-state index >= 15 is 0 Å². The van der Waals surface area contributed by atoms with Gasteiger partial charge in [0.1, 0.15) is 23.8 Å². The Morgan fingerprint density at radius 1 is 1.00 bits per heavy atom. The molecule has 1 aromatic heterocycles. The van der Waals surface area contributed by atoms with Gasteiger partial charge in [-0.3, -0.25) is 0 Å². The molecule has 4 rings (SSSR count). The monoisotopic (exact) mass is 348 g/mol. The van der Waals surface area contributed by atoms with Crippen LogP contribution < -0.4 is 10.2 Å². The fourth-order valence-corrected chi connectivity index (χ4v) is 3.29. The molecule has 0 saturated carbocycles. The topological polar surface area (TPSA) is 41.0 Å². The Morgan fingerprint density at radius 3 is 2.65 bits per heavy atom. The van der Waals surface area contributed by atoms with Crippen molar-refractivity contribution in [3.63, 3.8) is 0 Å². The lowest BCUT2D eigenvalue weighted by Gasteiger charge is -2.29. The number of aromatic nitrogens is 2. The summed E-state index contributed by atoms with van der Waals surface area (Å²) in [5, 5.41) is 3.33. The number of rotatable bonds is 5. The van der Waals surface area contributed by atoms with Crippen LogP contribution in [-0.4, -0.2) is 23.1 Å². The summed E-state index contributed by atoms with van der Waals surface area (Å²) in [5.74, 6) is 1.56. The predicted octanol–water partition coefficient (Wildman–Crippen LogP) is 3.83. The first kappa shape index (κ1) is 16.5. The average Bonchev–Trinajstić information content (AvgIpc) is 2.69. The maximum Gasteiger partial charge on any atom is 0.134 e. The standard InChI is InChI=1S/C21H21FN4/c22-19-7-5-16(6-8-19)9-11-23-20-13-21(25-15-24-20)26-12-10-17-3-1-2-4-18(17)14-26/h1-8,13,15H,9-12,14H2,(H,23,24,25). The molecule has 0 radical (unpaired) electrons. The molecule has 4 nitrogen and oxygen atoms in total. The van der Waals surface area contributed by atoms with Crippen molar-refractivity contribution in [1.29, 1.82) is 0 Å². The van der Waals surface area contributed by atoms with Crippen molar-refractivity contribution < 1.29 is 4.39 Å². The molecule has 26 heavy (non-hydrogen) atoms. The van der Waals surface area contributed by atoms with E-state index in [1.807, 2.05) is 18.2 Å². The fraction of sp³-hybridized carbons (Fsp3) is 0.238. The van der Waals surface area contributed by atoms with E-state index in [1.165, 1.54) is 23.3 Å². The molecular weight excluding hydrogens is 327 g/mol. The Bertz CT molecular complexity index is 879. The number of nitrogens with one attached hydrogen (secondary N) is 1. The highest BCUT2D eigenvalue weighted by atomic mass is 19.1. The molecule has 0 saturated heterocycles. The van der Waals surface area contributed by atoms with Crippen molar-refractivity contribution in [2.75, 3.05) is 23.3 Å². The molecule has 0 amide bonds. The molecule has 2 aromatic carbocycles. The molecule has 0 aliphatic carbocycles. The molecule has 0 unspecified atom stereocenters. The summed E-state index contributed by atoms with van der Waals surface area (Å²) in [6.07, 6.45) is 3.46. The van der Waals surface area contributed by atoms with E-state index in [-0.39, 0.29) is 5.82 Å². The summed E-state index contributed by atoms with van der Waals surface area (Å²) in [6.45, 7) is 2.58. The SMILES string of the molecule is Fc1ccc(CCNc2cc(N3CCc4ccccc4C3)ncn2)cc1. The molecule has 1 aliphatic heterocycles. The summed E-state index contributed by atoms with van der Waals surface area (Å²) in [4.78, 5) is 11.0. The highest BCUT2D eigenvalue weighted by Crippen LogP contribution is 2.23. The quantitative estimate of drug-likeness (QED) is 0.761. The number of fused-ring (bicyclic) bond motifs is 1. The van der Waals surface area contributed by atoms with Crippen LogP contribution in [0.1, 0.15) is 16.7 Å². The zero-order chi connectivity index (χ0) is 17.8. The summed E-state index contributed by atoms with van der Waals surface area (Å²) < 4.78 is 13.0. The second kappa shape index (κ2) is 7.52. The minimum Gasteiger partial charge on any atom is -0.370 e. The van der Waals surface area contributed by atoms with Crippen LogP contribution in [-0.2, 0) is 19.4 Å². The summed E-state index contributed by atoms with van der Waals surface area (Å²) in [7, 11) is 0. The van der Waals surface area contributed by atoms with Crippen molar-refractivity contribution in [2.45, 2.75) is 19.4 Å². The first-order chi connectivity index (χ1) is 12.8. The van der Waals surface area contributed by atoms with Crippen molar-refractivity contribution in [1.82, 2.24) is 9.97 Å². The van der Waals surface area contributed by atoms with Gasteiger partial charge in [0.25, 0.3) is 0 Å². The molecule has 1 N–H and O–H groups in total.